The van der Waals surface area contributed by atoms with Crippen molar-refractivity contribution in [3.63, 3.8) is 0 Å². The van der Waals surface area contributed by atoms with Gasteiger partial charge in [0.1, 0.15) is 35.9 Å². The minimum atomic E-state index is -0.734. The average molecular weight is 504 g/mol. The number of carbonyl (C=O) groups is 1. The van der Waals surface area contributed by atoms with Gasteiger partial charge in [0.05, 0.1) is 5.56 Å². The Morgan fingerprint density at radius 1 is 1.03 bits per heavy atom. The van der Waals surface area contributed by atoms with E-state index in [0.717, 1.165) is 11.3 Å². The first-order valence-electron chi connectivity index (χ1n) is 12.5. The van der Waals surface area contributed by atoms with Gasteiger partial charge in [-0.25, -0.2) is 14.4 Å². The number of nitrogens with zero attached hydrogens (tertiary/aromatic N) is 4. The lowest BCUT2D eigenvalue weighted by Crippen LogP contribution is -2.48. The molecule has 192 valence electrons. The molecule has 2 N–H and O–H groups in total. The molecular weight excluding hydrogens is 473 g/mol. The van der Waals surface area contributed by atoms with Crippen molar-refractivity contribution in [3.8, 4) is 28.5 Å². The van der Waals surface area contributed by atoms with Crippen LogP contribution in [0.3, 0.4) is 0 Å². The summed E-state index contributed by atoms with van der Waals surface area (Å²) in [5.41, 5.74) is 7.69. The molecule has 2 aliphatic rings. The van der Waals surface area contributed by atoms with Gasteiger partial charge in [-0.15, -0.1) is 0 Å². The second kappa shape index (κ2) is 11.4. The second-order valence-corrected chi connectivity index (χ2v) is 9.24. The fourth-order valence-corrected chi connectivity index (χ4v) is 4.47. The summed E-state index contributed by atoms with van der Waals surface area (Å²) in [6.07, 6.45) is 5.33. The molecule has 2 fully saturated rings. The van der Waals surface area contributed by atoms with E-state index in [1.54, 1.807) is 6.08 Å². The highest BCUT2D eigenvalue weighted by Gasteiger charge is 2.26. The Balaban J connectivity index is 1.18. The first kappa shape index (κ1) is 24.7. The van der Waals surface area contributed by atoms with E-state index in [4.69, 9.17) is 15.2 Å². The normalized spacial score (nSPS) is 17.1. The van der Waals surface area contributed by atoms with Crippen LogP contribution < -0.4 is 15.2 Å². The number of hydrogen-bond acceptors (Lipinski definition) is 7. The van der Waals surface area contributed by atoms with Crippen LogP contribution in [0.1, 0.15) is 12.8 Å². The van der Waals surface area contributed by atoms with E-state index in [9.17, 15) is 9.18 Å². The van der Waals surface area contributed by atoms with Crippen LogP contribution >= 0.6 is 0 Å². The van der Waals surface area contributed by atoms with Gasteiger partial charge in [-0.1, -0.05) is 36.4 Å². The van der Waals surface area contributed by atoms with Gasteiger partial charge in [0.25, 0.3) is 0 Å². The topological polar surface area (TPSA) is 93.8 Å². The van der Waals surface area contributed by atoms with E-state index < -0.39 is 6.17 Å². The Hall–Kier alpha value is -3.98. The summed E-state index contributed by atoms with van der Waals surface area (Å²) in [6.45, 7) is 2.67. The van der Waals surface area contributed by atoms with Crippen molar-refractivity contribution in [1.82, 2.24) is 19.8 Å². The number of carbonyl (C=O) groups excluding carboxylic acids is 1. The molecule has 9 heteroatoms. The lowest BCUT2D eigenvalue weighted by atomic mass is 10.1. The third-order valence-corrected chi connectivity index (χ3v) is 6.53. The molecule has 1 amide bonds. The summed E-state index contributed by atoms with van der Waals surface area (Å²) in [6, 6.07) is 17.1. The highest BCUT2D eigenvalue weighted by Crippen LogP contribution is 2.35. The molecule has 5 rings (SSSR count). The molecule has 3 heterocycles. The van der Waals surface area contributed by atoms with Crippen LogP contribution in [0.15, 0.2) is 73.1 Å². The lowest BCUT2D eigenvalue weighted by molar-refractivity contribution is -0.127. The predicted octanol–water partition coefficient (Wildman–Crippen LogP) is 4.10. The van der Waals surface area contributed by atoms with Gasteiger partial charge in [-0.2, -0.15) is 0 Å². The standard InChI is InChI=1S/C28H30FN5O3/c29-21-17-33(18-21)14-4-7-25(35)34-15-12-24(13-16-34)37-28-26(27(30)31-19-32-28)20-8-10-23(11-9-20)36-22-5-2-1-3-6-22/h1-11,19,21,24H,12-18H2,(H2,30,31,32)/b7-4+. The first-order chi connectivity index (χ1) is 18.0. The van der Waals surface area contributed by atoms with Gasteiger partial charge in [-0.3, -0.25) is 9.69 Å². The van der Waals surface area contributed by atoms with Crippen molar-refractivity contribution < 1.29 is 18.7 Å². The number of aromatic nitrogens is 2. The number of benzene rings is 2. The fourth-order valence-electron chi connectivity index (χ4n) is 4.47. The minimum absolute atomic E-state index is 0.0273. The number of amides is 1. The van der Waals surface area contributed by atoms with Crippen molar-refractivity contribution in [2.24, 2.45) is 0 Å². The van der Waals surface area contributed by atoms with Gasteiger partial charge in [-0.05, 0) is 29.8 Å². The minimum Gasteiger partial charge on any atom is -0.474 e. The van der Waals surface area contributed by atoms with Crippen molar-refractivity contribution >= 4 is 11.7 Å². The number of hydrogen-bond donors (Lipinski definition) is 1. The molecule has 2 aliphatic heterocycles. The molecule has 0 saturated carbocycles. The van der Waals surface area contributed by atoms with Crippen LogP contribution in [-0.2, 0) is 4.79 Å². The van der Waals surface area contributed by atoms with Gasteiger partial charge in [0, 0.05) is 51.6 Å². The third-order valence-electron chi connectivity index (χ3n) is 6.53. The van der Waals surface area contributed by atoms with E-state index in [1.165, 1.54) is 6.33 Å². The quantitative estimate of drug-likeness (QED) is 0.463. The summed E-state index contributed by atoms with van der Waals surface area (Å²) in [4.78, 5) is 24.8. The Labute approximate surface area is 215 Å². The molecule has 0 atom stereocenters. The first-order valence-corrected chi connectivity index (χ1v) is 12.5. The average Bonchev–Trinajstić information content (AvgIpc) is 2.89. The van der Waals surface area contributed by atoms with Crippen molar-refractivity contribution in [2.45, 2.75) is 25.1 Å². The van der Waals surface area contributed by atoms with Gasteiger partial charge in [0.2, 0.25) is 11.8 Å². The molecular formula is C28H30FN5O3. The fraction of sp³-hybridized carbons (Fsp3) is 0.321. The van der Waals surface area contributed by atoms with Crippen LogP contribution in [0.4, 0.5) is 10.2 Å². The zero-order valence-electron chi connectivity index (χ0n) is 20.5. The predicted molar refractivity (Wildman–Crippen MR) is 139 cm³/mol. The van der Waals surface area contributed by atoms with Crippen molar-refractivity contribution in [2.75, 3.05) is 38.5 Å². The summed E-state index contributed by atoms with van der Waals surface area (Å²) in [7, 11) is 0. The van der Waals surface area contributed by atoms with Crippen LogP contribution in [-0.4, -0.2) is 70.7 Å². The molecule has 2 aromatic carbocycles. The molecule has 0 radical (unpaired) electrons. The molecule has 0 spiro atoms. The SMILES string of the molecule is Nc1ncnc(OC2CCN(C(=O)/C=C/CN3CC(F)C3)CC2)c1-c1ccc(Oc2ccccc2)cc1. The van der Waals surface area contributed by atoms with Crippen LogP contribution in [0.5, 0.6) is 17.4 Å². The zero-order chi connectivity index (χ0) is 25.6. The Morgan fingerprint density at radius 3 is 2.43 bits per heavy atom. The number of nitrogen functional groups attached to an aromatic ring is 1. The largest absolute Gasteiger partial charge is 0.474 e. The van der Waals surface area contributed by atoms with E-state index in [-0.39, 0.29) is 12.0 Å². The van der Waals surface area contributed by atoms with Gasteiger partial charge < -0.3 is 20.1 Å². The molecule has 0 unspecified atom stereocenters. The number of ether oxygens (including phenoxy) is 2. The number of para-hydroxylation sites is 1. The molecule has 0 bridgehead atoms. The molecule has 8 nitrogen and oxygen atoms in total. The molecule has 2 saturated heterocycles. The van der Waals surface area contributed by atoms with Crippen LogP contribution in [0, 0.1) is 0 Å². The van der Waals surface area contributed by atoms with Crippen molar-refractivity contribution in [1.29, 1.82) is 0 Å². The maximum absolute atomic E-state index is 12.9. The highest BCUT2D eigenvalue weighted by atomic mass is 19.1. The van der Waals surface area contributed by atoms with E-state index >= 15 is 0 Å². The molecule has 37 heavy (non-hydrogen) atoms. The van der Waals surface area contributed by atoms with Gasteiger partial charge >= 0.3 is 0 Å². The smallest absolute Gasteiger partial charge is 0.246 e. The van der Waals surface area contributed by atoms with E-state index in [1.807, 2.05) is 70.5 Å². The summed E-state index contributed by atoms with van der Waals surface area (Å²) in [5, 5.41) is 0. The number of alkyl halides is 1. The molecule has 1 aromatic heterocycles. The van der Waals surface area contributed by atoms with Gasteiger partial charge in [0.15, 0.2) is 0 Å². The van der Waals surface area contributed by atoms with Crippen LogP contribution in [0.25, 0.3) is 11.1 Å². The van der Waals surface area contributed by atoms with Crippen LogP contribution in [0.2, 0.25) is 0 Å². The van der Waals surface area contributed by atoms with Crippen molar-refractivity contribution in [3.05, 3.63) is 73.1 Å². The Morgan fingerprint density at radius 2 is 1.73 bits per heavy atom. The Kier molecular flexibility index (Phi) is 7.60. The highest BCUT2D eigenvalue weighted by molar-refractivity contribution is 5.87. The second-order valence-electron chi connectivity index (χ2n) is 9.24. The number of piperidine rings is 1. The number of rotatable bonds is 8. The number of likely N-dealkylation sites (tertiary alicyclic amines) is 2. The number of halogens is 1. The lowest BCUT2D eigenvalue weighted by Gasteiger charge is -2.33. The van der Waals surface area contributed by atoms with E-state index in [0.29, 0.717) is 68.6 Å². The Bertz CT molecular complexity index is 1220. The maximum Gasteiger partial charge on any atom is 0.246 e. The third kappa shape index (κ3) is 6.24. The van der Waals surface area contributed by atoms with E-state index in [2.05, 4.69) is 9.97 Å². The molecule has 3 aromatic rings. The monoisotopic (exact) mass is 503 g/mol. The molecule has 0 aliphatic carbocycles. The summed E-state index contributed by atoms with van der Waals surface area (Å²) < 4.78 is 25.0. The summed E-state index contributed by atoms with van der Waals surface area (Å²) in [5.74, 6) is 2.19. The number of anilines is 1. The zero-order valence-corrected chi connectivity index (χ0v) is 20.5. The number of nitrogens with two attached hydrogens (primary N) is 1. The maximum atomic E-state index is 12.9. The summed E-state index contributed by atoms with van der Waals surface area (Å²) >= 11 is 0.